The molecule has 0 aliphatic heterocycles. The number of nitrogens with one attached hydrogen (secondary N) is 1. The molecular weight excluding hydrogens is 306 g/mol. The van der Waals surface area contributed by atoms with E-state index in [1.165, 1.54) is 11.8 Å². The van der Waals surface area contributed by atoms with Crippen LogP contribution in [0.1, 0.15) is 21.5 Å². The van der Waals surface area contributed by atoms with Crippen LogP contribution < -0.4 is 5.32 Å². The predicted octanol–water partition coefficient (Wildman–Crippen LogP) is 3.79. The molecule has 4 nitrogen and oxygen atoms in total. The molecule has 0 bridgehead atoms. The Labute approximate surface area is 131 Å². The highest BCUT2D eigenvalue weighted by Gasteiger charge is 2.15. The van der Waals surface area contributed by atoms with Crippen molar-refractivity contribution in [2.24, 2.45) is 0 Å². The van der Waals surface area contributed by atoms with E-state index < -0.39 is 5.97 Å². The lowest BCUT2D eigenvalue weighted by molar-refractivity contribution is -0.113. The Bertz CT molecular complexity index is 666. The topological polar surface area (TPSA) is 66.4 Å². The molecule has 6 heteroatoms. The minimum atomic E-state index is -1.04. The number of amides is 1. The number of aryl methyl sites for hydroxylation is 2. The van der Waals surface area contributed by atoms with Crippen LogP contribution in [0.25, 0.3) is 0 Å². The maximum atomic E-state index is 12.0. The fraction of sp³-hybridized carbons (Fsp3) is 0.200. The molecule has 2 rings (SSSR count). The Hall–Kier alpha value is -1.79. The Balaban J connectivity index is 2.11. The van der Waals surface area contributed by atoms with Gasteiger partial charge in [-0.2, -0.15) is 0 Å². The summed E-state index contributed by atoms with van der Waals surface area (Å²) in [7, 11) is 0. The van der Waals surface area contributed by atoms with Crippen molar-refractivity contribution in [3.05, 3.63) is 46.3 Å². The van der Waals surface area contributed by atoms with Crippen LogP contribution in [0.15, 0.2) is 33.9 Å². The lowest BCUT2D eigenvalue weighted by Gasteiger charge is -2.12. The molecule has 0 radical (unpaired) electrons. The van der Waals surface area contributed by atoms with Gasteiger partial charge < -0.3 is 10.4 Å². The monoisotopic (exact) mass is 321 g/mol. The van der Waals surface area contributed by atoms with Crippen molar-refractivity contribution in [3.63, 3.8) is 0 Å². The normalized spacial score (nSPS) is 10.4. The quantitative estimate of drug-likeness (QED) is 0.822. The molecular formula is C15H15NO3S2. The van der Waals surface area contributed by atoms with Crippen LogP contribution in [0.4, 0.5) is 5.69 Å². The molecule has 2 N–H and O–H groups in total. The molecule has 0 aliphatic rings. The lowest BCUT2D eigenvalue weighted by atomic mass is 10.0. The third kappa shape index (κ3) is 4.09. The third-order valence-corrected chi connectivity index (χ3v) is 4.95. The van der Waals surface area contributed by atoms with E-state index in [1.54, 1.807) is 24.3 Å². The molecule has 1 aromatic heterocycles. The third-order valence-electron chi connectivity index (χ3n) is 2.82. The highest BCUT2D eigenvalue weighted by Crippen LogP contribution is 2.25. The van der Waals surface area contributed by atoms with Crippen LogP contribution >= 0.6 is 23.1 Å². The van der Waals surface area contributed by atoms with Gasteiger partial charge in [-0.3, -0.25) is 4.79 Å². The number of carboxylic acids is 1. The molecule has 0 spiro atoms. The van der Waals surface area contributed by atoms with Gasteiger partial charge in [-0.25, -0.2) is 4.79 Å². The predicted molar refractivity (Wildman–Crippen MR) is 86.5 cm³/mol. The van der Waals surface area contributed by atoms with Gasteiger partial charge in [0.15, 0.2) is 0 Å². The number of anilines is 1. The number of carbonyl (C=O) groups excluding carboxylic acids is 1. The zero-order valence-electron chi connectivity index (χ0n) is 11.7. The molecule has 1 heterocycles. The molecule has 0 saturated carbocycles. The smallest absolute Gasteiger partial charge is 0.337 e. The van der Waals surface area contributed by atoms with E-state index in [0.29, 0.717) is 5.69 Å². The second kappa shape index (κ2) is 6.78. The molecule has 2 aromatic rings. The number of hydrogen-bond donors (Lipinski definition) is 2. The largest absolute Gasteiger partial charge is 0.478 e. The number of rotatable bonds is 5. The Morgan fingerprint density at radius 1 is 1.33 bits per heavy atom. The standard InChI is InChI=1S/C15H15NO3S2/c1-9-6-10(2)14(11(7-9)15(18)19)16-12(17)8-21-13-4-3-5-20-13/h3-7H,8H2,1-2H3,(H,16,17)(H,18,19). The van der Waals surface area contributed by atoms with Crippen molar-refractivity contribution < 1.29 is 14.7 Å². The Kier molecular flexibility index (Phi) is 5.03. The van der Waals surface area contributed by atoms with Gasteiger partial charge in [0.05, 0.1) is 21.2 Å². The van der Waals surface area contributed by atoms with E-state index in [0.717, 1.165) is 15.3 Å². The number of benzene rings is 1. The summed E-state index contributed by atoms with van der Waals surface area (Å²) in [6.07, 6.45) is 0. The van der Waals surface area contributed by atoms with Gasteiger partial charge in [0, 0.05) is 0 Å². The summed E-state index contributed by atoms with van der Waals surface area (Å²) >= 11 is 3.01. The first-order valence-electron chi connectivity index (χ1n) is 6.28. The number of aromatic carboxylic acids is 1. The molecule has 1 aromatic carbocycles. The van der Waals surface area contributed by atoms with Gasteiger partial charge in [0.25, 0.3) is 0 Å². The summed E-state index contributed by atoms with van der Waals surface area (Å²) in [6.45, 7) is 3.62. The summed E-state index contributed by atoms with van der Waals surface area (Å²) < 4.78 is 1.06. The minimum absolute atomic E-state index is 0.127. The van der Waals surface area contributed by atoms with Crippen LogP contribution in [-0.4, -0.2) is 22.7 Å². The molecule has 0 unspecified atom stereocenters. The van der Waals surface area contributed by atoms with Crippen molar-refractivity contribution in [2.45, 2.75) is 18.1 Å². The summed E-state index contributed by atoms with van der Waals surface area (Å²) in [5, 5.41) is 13.9. The van der Waals surface area contributed by atoms with Crippen molar-refractivity contribution in [3.8, 4) is 0 Å². The molecule has 0 atom stereocenters. The van der Waals surface area contributed by atoms with E-state index in [2.05, 4.69) is 5.32 Å². The first kappa shape index (κ1) is 15.6. The van der Waals surface area contributed by atoms with Crippen molar-refractivity contribution in [2.75, 3.05) is 11.1 Å². The van der Waals surface area contributed by atoms with Gasteiger partial charge in [-0.15, -0.1) is 23.1 Å². The number of carbonyl (C=O) groups is 2. The van der Waals surface area contributed by atoms with E-state index in [-0.39, 0.29) is 17.2 Å². The summed E-state index contributed by atoms with van der Waals surface area (Å²) in [4.78, 5) is 23.3. The fourth-order valence-corrected chi connectivity index (χ4v) is 3.54. The SMILES string of the molecule is Cc1cc(C)c(NC(=O)CSc2cccs2)c(C(=O)O)c1. The number of hydrogen-bond acceptors (Lipinski definition) is 4. The first-order chi connectivity index (χ1) is 9.97. The van der Waals surface area contributed by atoms with Gasteiger partial charge in [0.2, 0.25) is 5.91 Å². The molecule has 0 fully saturated rings. The van der Waals surface area contributed by atoms with Gasteiger partial charge in [-0.1, -0.05) is 12.1 Å². The van der Waals surface area contributed by atoms with Gasteiger partial charge in [0.1, 0.15) is 0 Å². The second-order valence-corrected chi connectivity index (χ2v) is 6.80. The van der Waals surface area contributed by atoms with Crippen LogP contribution in [0, 0.1) is 13.8 Å². The number of thiophene rings is 1. The maximum absolute atomic E-state index is 12.0. The van der Waals surface area contributed by atoms with Crippen molar-refractivity contribution in [1.29, 1.82) is 0 Å². The average molecular weight is 321 g/mol. The average Bonchev–Trinajstić information content (AvgIpc) is 2.92. The second-order valence-electron chi connectivity index (χ2n) is 4.58. The van der Waals surface area contributed by atoms with Crippen LogP contribution in [-0.2, 0) is 4.79 Å². The minimum Gasteiger partial charge on any atom is -0.478 e. The van der Waals surface area contributed by atoms with Crippen molar-refractivity contribution >= 4 is 40.7 Å². The molecule has 0 aliphatic carbocycles. The van der Waals surface area contributed by atoms with Crippen molar-refractivity contribution in [1.82, 2.24) is 0 Å². The van der Waals surface area contributed by atoms with Crippen LogP contribution in [0.3, 0.4) is 0 Å². The van der Waals surface area contributed by atoms with E-state index in [1.807, 2.05) is 30.5 Å². The summed E-state index contributed by atoms with van der Waals surface area (Å²) in [6, 6.07) is 7.30. The van der Waals surface area contributed by atoms with E-state index in [4.69, 9.17) is 0 Å². The lowest BCUT2D eigenvalue weighted by Crippen LogP contribution is -2.17. The molecule has 1 amide bonds. The highest BCUT2D eigenvalue weighted by atomic mass is 32.2. The van der Waals surface area contributed by atoms with Gasteiger partial charge in [-0.05, 0) is 42.5 Å². The highest BCUT2D eigenvalue weighted by molar-refractivity contribution is 8.01. The van der Waals surface area contributed by atoms with Crippen LogP contribution in [0.5, 0.6) is 0 Å². The molecule has 21 heavy (non-hydrogen) atoms. The zero-order chi connectivity index (χ0) is 15.4. The zero-order valence-corrected chi connectivity index (χ0v) is 13.3. The fourth-order valence-electron chi connectivity index (χ4n) is 1.96. The Morgan fingerprint density at radius 2 is 2.10 bits per heavy atom. The number of carboxylic acid groups (broad SMARTS) is 1. The maximum Gasteiger partial charge on any atom is 0.337 e. The summed E-state index contributed by atoms with van der Waals surface area (Å²) in [5.41, 5.74) is 2.12. The van der Waals surface area contributed by atoms with Gasteiger partial charge >= 0.3 is 5.97 Å². The van der Waals surface area contributed by atoms with E-state index >= 15 is 0 Å². The first-order valence-corrected chi connectivity index (χ1v) is 8.14. The summed E-state index contributed by atoms with van der Waals surface area (Å²) in [5.74, 6) is -0.988. The molecule has 110 valence electrons. The van der Waals surface area contributed by atoms with E-state index in [9.17, 15) is 14.7 Å². The molecule has 0 saturated heterocycles. The number of thioether (sulfide) groups is 1. The Morgan fingerprint density at radius 3 is 2.71 bits per heavy atom. The van der Waals surface area contributed by atoms with Crippen LogP contribution in [0.2, 0.25) is 0 Å².